The number of carboxylic acids is 1. The van der Waals surface area contributed by atoms with Gasteiger partial charge in [-0.3, -0.25) is 3.97 Å². The fraction of sp³-hybridized carbons (Fsp3) is 0.0588. The van der Waals surface area contributed by atoms with E-state index in [2.05, 4.69) is 86.9 Å². The molecule has 1 unspecified atom stereocenters. The van der Waals surface area contributed by atoms with Crippen molar-refractivity contribution >= 4 is 54.7 Å². The van der Waals surface area contributed by atoms with Gasteiger partial charge in [0.2, 0.25) is 0 Å². The Balaban J connectivity index is 1.64. The van der Waals surface area contributed by atoms with E-state index in [1.807, 2.05) is 30.5 Å². The lowest BCUT2D eigenvalue weighted by Gasteiger charge is -2.14. The fourth-order valence-electron chi connectivity index (χ4n) is 5.16. The Bertz CT molecular complexity index is 2000. The Morgan fingerprint density at radius 3 is 2.44 bits per heavy atom. The number of aromatic nitrogens is 1. The van der Waals surface area contributed by atoms with E-state index in [0.717, 1.165) is 60.2 Å². The van der Waals surface area contributed by atoms with E-state index in [1.165, 1.54) is 16.9 Å². The molecule has 2 heterocycles. The van der Waals surface area contributed by atoms with Crippen molar-refractivity contribution in [1.82, 2.24) is 3.97 Å². The summed E-state index contributed by atoms with van der Waals surface area (Å²) >= 11 is 3.11. The summed E-state index contributed by atoms with van der Waals surface area (Å²) in [6.07, 6.45) is 0. The van der Waals surface area contributed by atoms with Gasteiger partial charge in [-0.05, 0) is 102 Å². The molecule has 1 atom stereocenters. The predicted molar refractivity (Wildman–Crippen MR) is 174 cm³/mol. The van der Waals surface area contributed by atoms with Crippen LogP contribution in [0.1, 0.15) is 26.4 Å². The standard InChI is InChI=1S/C34H25N2O2PS2/c1-20-6-10-26(11-7-20)41-36-30-13-9-25(39)18-29(30)32(28-14-15-40-31(28)19-35)33(36)23-5-3-4-22(17-23)27-12-8-24(34(37)38)16-21(27)2/h3-18H,39H2,1-2H3,(H,37,38). The van der Waals surface area contributed by atoms with Gasteiger partial charge in [0.05, 0.1) is 16.8 Å². The van der Waals surface area contributed by atoms with Gasteiger partial charge in [0.25, 0.3) is 0 Å². The number of fused-ring (bicyclic) bond motifs is 1. The minimum atomic E-state index is -0.937. The summed E-state index contributed by atoms with van der Waals surface area (Å²) in [5, 5.41) is 23.6. The number of nitriles is 1. The molecule has 41 heavy (non-hydrogen) atoms. The molecule has 0 aliphatic rings. The maximum Gasteiger partial charge on any atom is 0.335 e. The van der Waals surface area contributed by atoms with Gasteiger partial charge in [-0.2, -0.15) is 5.26 Å². The number of thiophene rings is 1. The van der Waals surface area contributed by atoms with Crippen LogP contribution in [0.15, 0.2) is 101 Å². The normalized spacial score (nSPS) is 11.1. The number of hydrogen-bond donors (Lipinski definition) is 1. The van der Waals surface area contributed by atoms with Crippen LogP contribution >= 0.6 is 32.5 Å². The molecule has 0 aliphatic heterocycles. The monoisotopic (exact) mass is 588 g/mol. The van der Waals surface area contributed by atoms with Crippen LogP contribution in [0.5, 0.6) is 0 Å². The summed E-state index contributed by atoms with van der Waals surface area (Å²) in [6, 6.07) is 32.9. The molecule has 0 spiro atoms. The van der Waals surface area contributed by atoms with Crippen molar-refractivity contribution in [2.45, 2.75) is 18.7 Å². The third kappa shape index (κ3) is 5.09. The second kappa shape index (κ2) is 11.0. The third-order valence-electron chi connectivity index (χ3n) is 7.12. The zero-order chi connectivity index (χ0) is 28.7. The highest BCUT2D eigenvalue weighted by molar-refractivity contribution is 7.98. The van der Waals surface area contributed by atoms with E-state index in [1.54, 1.807) is 24.1 Å². The lowest BCUT2D eigenvalue weighted by molar-refractivity contribution is 0.0697. The third-order valence-corrected chi connectivity index (χ3v) is 9.35. The molecule has 0 saturated heterocycles. The second-order valence-corrected chi connectivity index (χ2v) is 12.5. The van der Waals surface area contributed by atoms with Crippen LogP contribution in [0.3, 0.4) is 0 Å². The lowest BCUT2D eigenvalue weighted by Crippen LogP contribution is -1.97. The highest BCUT2D eigenvalue weighted by atomic mass is 32.2. The van der Waals surface area contributed by atoms with E-state index >= 15 is 0 Å². The first-order valence-electron chi connectivity index (χ1n) is 13.0. The molecule has 6 rings (SSSR count). The zero-order valence-electron chi connectivity index (χ0n) is 22.4. The number of carbonyl (C=O) groups is 1. The molecule has 4 aromatic carbocycles. The lowest BCUT2D eigenvalue weighted by atomic mass is 9.94. The molecule has 0 radical (unpaired) electrons. The first-order chi connectivity index (χ1) is 19.8. The minimum Gasteiger partial charge on any atom is -0.478 e. The molecule has 0 amide bonds. The van der Waals surface area contributed by atoms with Gasteiger partial charge >= 0.3 is 5.97 Å². The molecule has 0 aliphatic carbocycles. The number of aryl methyl sites for hydroxylation is 2. The minimum absolute atomic E-state index is 0.272. The average Bonchev–Trinajstić information content (AvgIpc) is 3.56. The first-order valence-corrected chi connectivity index (χ1v) is 15.2. The van der Waals surface area contributed by atoms with Crippen molar-refractivity contribution in [2.24, 2.45) is 0 Å². The van der Waals surface area contributed by atoms with Gasteiger partial charge in [-0.25, -0.2) is 4.79 Å². The van der Waals surface area contributed by atoms with E-state index < -0.39 is 5.97 Å². The van der Waals surface area contributed by atoms with Gasteiger partial charge in [0.1, 0.15) is 10.9 Å². The zero-order valence-corrected chi connectivity index (χ0v) is 25.2. The van der Waals surface area contributed by atoms with Crippen molar-refractivity contribution in [1.29, 1.82) is 5.26 Å². The average molecular weight is 589 g/mol. The van der Waals surface area contributed by atoms with Gasteiger partial charge in [-0.1, -0.05) is 48.0 Å². The molecule has 6 aromatic rings. The highest BCUT2D eigenvalue weighted by Crippen LogP contribution is 2.46. The van der Waals surface area contributed by atoms with Crippen molar-refractivity contribution in [2.75, 3.05) is 0 Å². The first kappa shape index (κ1) is 27.1. The van der Waals surface area contributed by atoms with Gasteiger partial charge in [0.15, 0.2) is 0 Å². The largest absolute Gasteiger partial charge is 0.478 e. The molecule has 2 aromatic heterocycles. The van der Waals surface area contributed by atoms with Crippen LogP contribution < -0.4 is 5.30 Å². The summed E-state index contributed by atoms with van der Waals surface area (Å²) in [4.78, 5) is 13.3. The molecule has 0 saturated carbocycles. The Hall–Kier alpha value is -4.14. The number of hydrogen-bond acceptors (Lipinski definition) is 4. The Morgan fingerprint density at radius 2 is 1.71 bits per heavy atom. The Morgan fingerprint density at radius 1 is 0.927 bits per heavy atom. The summed E-state index contributed by atoms with van der Waals surface area (Å²) in [6.45, 7) is 4.02. The number of aromatic carboxylic acids is 1. The Labute approximate surface area is 249 Å². The molecule has 7 heteroatoms. The van der Waals surface area contributed by atoms with Gasteiger partial charge in [0, 0.05) is 27.0 Å². The molecule has 200 valence electrons. The van der Waals surface area contributed by atoms with E-state index in [4.69, 9.17) is 0 Å². The van der Waals surface area contributed by atoms with Crippen LogP contribution in [-0.4, -0.2) is 15.0 Å². The molecular formula is C34H25N2O2PS2. The fourth-order valence-corrected chi connectivity index (χ4v) is 7.13. The van der Waals surface area contributed by atoms with Gasteiger partial charge < -0.3 is 5.11 Å². The molecular weight excluding hydrogens is 563 g/mol. The number of benzene rings is 4. The van der Waals surface area contributed by atoms with Crippen LogP contribution in [-0.2, 0) is 0 Å². The van der Waals surface area contributed by atoms with Crippen molar-refractivity contribution in [3.63, 3.8) is 0 Å². The van der Waals surface area contributed by atoms with Crippen LogP contribution in [0.25, 0.3) is 44.4 Å². The van der Waals surface area contributed by atoms with Crippen LogP contribution in [0.2, 0.25) is 0 Å². The number of carboxylic acid groups (broad SMARTS) is 1. The van der Waals surface area contributed by atoms with Gasteiger partial charge in [-0.15, -0.1) is 20.6 Å². The van der Waals surface area contributed by atoms with Crippen molar-refractivity contribution in [3.05, 3.63) is 118 Å². The summed E-state index contributed by atoms with van der Waals surface area (Å²) in [5.74, 6) is -0.937. The summed E-state index contributed by atoms with van der Waals surface area (Å²) in [7, 11) is 2.80. The molecule has 4 nitrogen and oxygen atoms in total. The summed E-state index contributed by atoms with van der Waals surface area (Å²) in [5.41, 5.74) is 9.38. The van der Waals surface area contributed by atoms with E-state index in [-0.39, 0.29) is 5.56 Å². The predicted octanol–water partition coefficient (Wildman–Crippen LogP) is 8.95. The smallest absolute Gasteiger partial charge is 0.335 e. The number of nitrogens with zero attached hydrogens (tertiary/aromatic N) is 2. The van der Waals surface area contributed by atoms with Crippen molar-refractivity contribution in [3.8, 4) is 39.6 Å². The molecule has 1 N–H and O–H groups in total. The maximum atomic E-state index is 11.5. The summed E-state index contributed by atoms with van der Waals surface area (Å²) < 4.78 is 2.28. The van der Waals surface area contributed by atoms with Crippen LogP contribution in [0.4, 0.5) is 0 Å². The number of rotatable bonds is 6. The quantitative estimate of drug-likeness (QED) is 0.197. The van der Waals surface area contributed by atoms with E-state index in [0.29, 0.717) is 4.88 Å². The van der Waals surface area contributed by atoms with E-state index in [9.17, 15) is 15.2 Å². The van der Waals surface area contributed by atoms with Crippen molar-refractivity contribution < 1.29 is 9.90 Å². The maximum absolute atomic E-state index is 11.5. The molecule has 0 fully saturated rings. The second-order valence-electron chi connectivity index (χ2n) is 9.89. The molecule has 0 bridgehead atoms. The van der Waals surface area contributed by atoms with Crippen LogP contribution in [0, 0.1) is 25.2 Å². The Kier molecular flexibility index (Phi) is 7.28. The highest BCUT2D eigenvalue weighted by Gasteiger charge is 2.24. The topological polar surface area (TPSA) is 66.0 Å². The SMILES string of the molecule is Cc1ccc(Sn2c(-c3cccc(-c4ccc(C(=O)O)cc4C)c3)c(-c3ccsc3C#N)c3cc(P)ccc32)cc1.